The SMILES string of the molecule is CN1CCN(Cc2ccc(-c3nc(CC(=O)NC4CCCCCCC4)cs3)cc2)CC1. The molecule has 1 aromatic carbocycles. The van der Waals surface area contributed by atoms with Crippen LogP contribution in [0, 0.1) is 0 Å². The van der Waals surface area contributed by atoms with Gasteiger partial charge in [0.15, 0.2) is 0 Å². The highest BCUT2D eigenvalue weighted by Gasteiger charge is 2.16. The summed E-state index contributed by atoms with van der Waals surface area (Å²) in [6.45, 7) is 5.58. The first-order valence-electron chi connectivity index (χ1n) is 11.9. The first-order valence-corrected chi connectivity index (χ1v) is 12.8. The molecule has 0 spiro atoms. The third-order valence-corrected chi connectivity index (χ3v) is 7.51. The van der Waals surface area contributed by atoms with Gasteiger partial charge < -0.3 is 10.2 Å². The lowest BCUT2D eigenvalue weighted by Crippen LogP contribution is -2.43. The lowest BCUT2D eigenvalue weighted by Gasteiger charge is -2.32. The second-order valence-electron chi connectivity index (χ2n) is 9.21. The van der Waals surface area contributed by atoms with Crippen LogP contribution in [-0.4, -0.2) is 60.0 Å². The van der Waals surface area contributed by atoms with Gasteiger partial charge >= 0.3 is 0 Å². The molecule has 0 atom stereocenters. The molecule has 1 saturated heterocycles. The minimum absolute atomic E-state index is 0.116. The van der Waals surface area contributed by atoms with E-state index in [9.17, 15) is 4.79 Å². The Balaban J connectivity index is 1.28. The van der Waals surface area contributed by atoms with Gasteiger partial charge in [-0.25, -0.2) is 4.98 Å². The van der Waals surface area contributed by atoms with Crippen LogP contribution in [0.5, 0.6) is 0 Å². The Bertz CT molecular complexity index is 818. The molecule has 1 aliphatic carbocycles. The number of carbonyl (C=O) groups excluding carboxylic acids is 1. The monoisotopic (exact) mass is 440 g/mol. The number of nitrogens with one attached hydrogen (secondary N) is 1. The molecule has 2 fully saturated rings. The predicted molar refractivity (Wildman–Crippen MR) is 128 cm³/mol. The molecule has 1 amide bonds. The summed E-state index contributed by atoms with van der Waals surface area (Å²) in [5, 5.41) is 6.28. The zero-order valence-electron chi connectivity index (χ0n) is 18.8. The Morgan fingerprint density at radius 2 is 1.71 bits per heavy atom. The predicted octanol–water partition coefficient (Wildman–Crippen LogP) is 4.33. The van der Waals surface area contributed by atoms with Crippen molar-refractivity contribution in [1.82, 2.24) is 20.1 Å². The van der Waals surface area contributed by atoms with Crippen molar-refractivity contribution in [3.8, 4) is 10.6 Å². The third kappa shape index (κ3) is 6.86. The van der Waals surface area contributed by atoms with Crippen LogP contribution in [0.2, 0.25) is 0 Å². The molecule has 2 aromatic rings. The van der Waals surface area contributed by atoms with E-state index in [-0.39, 0.29) is 5.91 Å². The molecular weight excluding hydrogens is 404 g/mol. The van der Waals surface area contributed by atoms with Gasteiger partial charge in [-0.15, -0.1) is 11.3 Å². The fraction of sp³-hybridized carbons (Fsp3) is 0.600. The van der Waals surface area contributed by atoms with E-state index in [1.165, 1.54) is 37.7 Å². The topological polar surface area (TPSA) is 48.5 Å². The standard InChI is InChI=1S/C25H36N4OS/c1-28-13-15-29(16-14-28)18-20-9-11-21(12-10-20)25-27-23(19-31-25)17-24(30)26-22-7-5-3-2-4-6-8-22/h9-12,19,22H,2-8,13-18H2,1H3,(H,26,30). The van der Waals surface area contributed by atoms with Crippen LogP contribution >= 0.6 is 11.3 Å². The van der Waals surface area contributed by atoms with Crippen LogP contribution in [0.4, 0.5) is 0 Å². The van der Waals surface area contributed by atoms with Crippen LogP contribution in [-0.2, 0) is 17.8 Å². The maximum atomic E-state index is 12.5. The highest BCUT2D eigenvalue weighted by atomic mass is 32.1. The lowest BCUT2D eigenvalue weighted by atomic mass is 9.96. The third-order valence-electron chi connectivity index (χ3n) is 6.57. The Morgan fingerprint density at radius 3 is 2.42 bits per heavy atom. The molecule has 31 heavy (non-hydrogen) atoms. The number of carbonyl (C=O) groups is 1. The summed E-state index contributed by atoms with van der Waals surface area (Å²) in [7, 11) is 2.19. The van der Waals surface area contributed by atoms with Gasteiger partial charge in [-0.05, 0) is 25.5 Å². The Morgan fingerprint density at radius 1 is 1.03 bits per heavy atom. The van der Waals surface area contributed by atoms with E-state index < -0.39 is 0 Å². The van der Waals surface area contributed by atoms with E-state index in [2.05, 4.69) is 46.4 Å². The van der Waals surface area contributed by atoms with Gasteiger partial charge in [0, 0.05) is 49.7 Å². The van der Waals surface area contributed by atoms with Crippen molar-refractivity contribution in [3.63, 3.8) is 0 Å². The second kappa shape index (κ2) is 11.2. The number of hydrogen-bond acceptors (Lipinski definition) is 5. The average molecular weight is 441 g/mol. The maximum absolute atomic E-state index is 12.5. The van der Waals surface area contributed by atoms with Crippen LogP contribution in [0.15, 0.2) is 29.6 Å². The number of aromatic nitrogens is 1. The smallest absolute Gasteiger partial charge is 0.226 e. The molecule has 2 heterocycles. The summed E-state index contributed by atoms with van der Waals surface area (Å²) in [6, 6.07) is 9.12. The minimum atomic E-state index is 0.116. The number of thiazole rings is 1. The normalized spacial score (nSPS) is 19.6. The summed E-state index contributed by atoms with van der Waals surface area (Å²) in [5.41, 5.74) is 3.37. The number of piperazine rings is 1. The number of likely N-dealkylation sites (N-methyl/N-ethyl adjacent to an activating group) is 1. The summed E-state index contributed by atoms with van der Waals surface area (Å²) in [5.74, 6) is 0.116. The Hall–Kier alpha value is -1.76. The highest BCUT2D eigenvalue weighted by Crippen LogP contribution is 2.25. The Kier molecular flexibility index (Phi) is 8.11. The number of nitrogens with zero attached hydrogens (tertiary/aromatic N) is 3. The van der Waals surface area contributed by atoms with Crippen molar-refractivity contribution in [2.24, 2.45) is 0 Å². The molecule has 4 rings (SSSR count). The van der Waals surface area contributed by atoms with Gasteiger partial charge in [0.2, 0.25) is 5.91 Å². The highest BCUT2D eigenvalue weighted by molar-refractivity contribution is 7.13. The van der Waals surface area contributed by atoms with Crippen molar-refractivity contribution in [1.29, 1.82) is 0 Å². The van der Waals surface area contributed by atoms with Gasteiger partial charge in [0.05, 0.1) is 12.1 Å². The summed E-state index contributed by atoms with van der Waals surface area (Å²) in [4.78, 5) is 22.2. The maximum Gasteiger partial charge on any atom is 0.226 e. The number of hydrogen-bond donors (Lipinski definition) is 1. The molecule has 6 heteroatoms. The van der Waals surface area contributed by atoms with Crippen molar-refractivity contribution in [3.05, 3.63) is 40.9 Å². The van der Waals surface area contributed by atoms with E-state index in [4.69, 9.17) is 4.98 Å². The molecule has 1 aliphatic heterocycles. The summed E-state index contributed by atoms with van der Waals surface area (Å²) < 4.78 is 0. The van der Waals surface area contributed by atoms with Crippen molar-refractivity contribution >= 4 is 17.2 Å². The van der Waals surface area contributed by atoms with Crippen molar-refractivity contribution in [2.45, 2.75) is 64.0 Å². The average Bonchev–Trinajstić information content (AvgIpc) is 3.20. The molecular formula is C25H36N4OS. The zero-order valence-corrected chi connectivity index (χ0v) is 19.6. The minimum Gasteiger partial charge on any atom is -0.353 e. The lowest BCUT2D eigenvalue weighted by molar-refractivity contribution is -0.121. The van der Waals surface area contributed by atoms with Crippen LogP contribution in [0.1, 0.15) is 56.2 Å². The number of benzene rings is 1. The molecule has 0 radical (unpaired) electrons. The molecule has 1 aromatic heterocycles. The fourth-order valence-corrected chi connectivity index (χ4v) is 5.41. The van der Waals surface area contributed by atoms with Gasteiger partial charge in [-0.2, -0.15) is 0 Å². The molecule has 168 valence electrons. The molecule has 1 saturated carbocycles. The van der Waals surface area contributed by atoms with Crippen LogP contribution < -0.4 is 5.32 Å². The summed E-state index contributed by atoms with van der Waals surface area (Å²) in [6.07, 6.45) is 9.04. The van der Waals surface area contributed by atoms with Crippen LogP contribution in [0.25, 0.3) is 10.6 Å². The van der Waals surface area contributed by atoms with E-state index in [0.29, 0.717) is 12.5 Å². The molecule has 2 aliphatic rings. The van der Waals surface area contributed by atoms with E-state index in [1.54, 1.807) is 11.3 Å². The van der Waals surface area contributed by atoms with Crippen LogP contribution in [0.3, 0.4) is 0 Å². The van der Waals surface area contributed by atoms with E-state index in [0.717, 1.165) is 61.8 Å². The fourth-order valence-electron chi connectivity index (χ4n) is 4.58. The molecule has 5 nitrogen and oxygen atoms in total. The van der Waals surface area contributed by atoms with E-state index >= 15 is 0 Å². The van der Waals surface area contributed by atoms with Gasteiger partial charge in [0.25, 0.3) is 0 Å². The van der Waals surface area contributed by atoms with Crippen molar-refractivity contribution < 1.29 is 4.79 Å². The molecule has 1 N–H and O–H groups in total. The second-order valence-corrected chi connectivity index (χ2v) is 10.1. The Labute approximate surface area is 190 Å². The van der Waals surface area contributed by atoms with Crippen molar-refractivity contribution in [2.75, 3.05) is 33.2 Å². The zero-order chi connectivity index (χ0) is 21.5. The van der Waals surface area contributed by atoms with E-state index in [1.807, 2.05) is 5.38 Å². The largest absolute Gasteiger partial charge is 0.353 e. The molecule has 0 bridgehead atoms. The summed E-state index contributed by atoms with van der Waals surface area (Å²) >= 11 is 1.63. The molecule has 0 unspecified atom stereocenters. The quantitative estimate of drug-likeness (QED) is 0.726. The van der Waals surface area contributed by atoms with Gasteiger partial charge in [-0.1, -0.05) is 56.4 Å². The first kappa shape index (κ1) is 22.4. The van der Waals surface area contributed by atoms with Gasteiger partial charge in [-0.3, -0.25) is 9.69 Å². The van der Waals surface area contributed by atoms with Gasteiger partial charge in [0.1, 0.15) is 5.01 Å². The first-order chi connectivity index (χ1) is 15.2. The number of rotatable bonds is 6. The number of amides is 1.